The monoisotopic (exact) mass is 297 g/mol. The Morgan fingerprint density at radius 3 is 2.30 bits per heavy atom. The lowest BCUT2D eigenvalue weighted by molar-refractivity contribution is -0.151. The SMILES string of the molecule is Cc1cc(C(=O)CSCC(=O)OC(C)(C)C)c(C)n1C. The second-order valence-corrected chi connectivity index (χ2v) is 6.83. The minimum absolute atomic E-state index is 0.0553. The second-order valence-electron chi connectivity index (χ2n) is 5.85. The zero-order valence-corrected chi connectivity index (χ0v) is 13.9. The molecule has 0 atom stereocenters. The molecule has 0 fully saturated rings. The number of ketones is 1. The van der Waals surface area contributed by atoms with Gasteiger partial charge in [0.2, 0.25) is 0 Å². The fourth-order valence-electron chi connectivity index (χ4n) is 1.81. The van der Waals surface area contributed by atoms with E-state index in [1.807, 2.05) is 52.3 Å². The summed E-state index contributed by atoms with van der Waals surface area (Å²) >= 11 is 1.30. The molecule has 1 aromatic rings. The van der Waals surface area contributed by atoms with E-state index in [2.05, 4.69) is 0 Å². The molecule has 1 rings (SSSR count). The lowest BCUT2D eigenvalue weighted by Gasteiger charge is -2.19. The van der Waals surface area contributed by atoms with Crippen molar-refractivity contribution in [3.63, 3.8) is 0 Å². The molecule has 20 heavy (non-hydrogen) atoms. The molecule has 0 aliphatic heterocycles. The predicted octanol–water partition coefficient (Wildman–Crippen LogP) is 2.90. The van der Waals surface area contributed by atoms with Gasteiger partial charge in [0, 0.05) is 24.0 Å². The molecule has 0 N–H and O–H groups in total. The predicted molar refractivity (Wildman–Crippen MR) is 82.4 cm³/mol. The van der Waals surface area contributed by atoms with E-state index in [-0.39, 0.29) is 17.5 Å². The molecule has 0 aromatic carbocycles. The van der Waals surface area contributed by atoms with E-state index >= 15 is 0 Å². The van der Waals surface area contributed by atoms with Crippen molar-refractivity contribution in [1.29, 1.82) is 0 Å². The molecule has 4 nitrogen and oxygen atoms in total. The van der Waals surface area contributed by atoms with Crippen LogP contribution in [0, 0.1) is 13.8 Å². The Morgan fingerprint density at radius 1 is 1.25 bits per heavy atom. The van der Waals surface area contributed by atoms with Crippen molar-refractivity contribution in [2.45, 2.75) is 40.2 Å². The number of carbonyl (C=O) groups excluding carboxylic acids is 2. The van der Waals surface area contributed by atoms with Gasteiger partial charge in [-0.25, -0.2) is 0 Å². The third kappa shape index (κ3) is 4.71. The molecule has 1 heterocycles. The highest BCUT2D eigenvalue weighted by molar-refractivity contribution is 8.00. The Balaban J connectivity index is 2.48. The van der Waals surface area contributed by atoms with Crippen LogP contribution in [0.25, 0.3) is 0 Å². The lowest BCUT2D eigenvalue weighted by Crippen LogP contribution is -2.25. The van der Waals surface area contributed by atoms with E-state index in [0.717, 1.165) is 17.0 Å². The van der Waals surface area contributed by atoms with Crippen LogP contribution in [0.1, 0.15) is 42.5 Å². The molecule has 0 bridgehead atoms. The van der Waals surface area contributed by atoms with Crippen molar-refractivity contribution in [2.75, 3.05) is 11.5 Å². The van der Waals surface area contributed by atoms with Gasteiger partial charge in [-0.2, -0.15) is 0 Å². The maximum Gasteiger partial charge on any atom is 0.316 e. The maximum absolute atomic E-state index is 12.1. The quantitative estimate of drug-likeness (QED) is 0.619. The number of esters is 1. The number of aryl methyl sites for hydroxylation is 1. The van der Waals surface area contributed by atoms with Gasteiger partial charge >= 0.3 is 5.97 Å². The smallest absolute Gasteiger partial charge is 0.316 e. The van der Waals surface area contributed by atoms with Crippen LogP contribution in [-0.2, 0) is 16.6 Å². The summed E-state index contributed by atoms with van der Waals surface area (Å²) in [6, 6.07) is 1.89. The highest BCUT2D eigenvalue weighted by Crippen LogP contribution is 2.17. The van der Waals surface area contributed by atoms with Crippen molar-refractivity contribution in [1.82, 2.24) is 4.57 Å². The molecule has 0 spiro atoms. The van der Waals surface area contributed by atoms with Gasteiger partial charge in [-0.1, -0.05) is 0 Å². The molecule has 5 heteroatoms. The van der Waals surface area contributed by atoms with Crippen molar-refractivity contribution in [3.8, 4) is 0 Å². The molecule has 0 unspecified atom stereocenters. The number of Topliss-reactive ketones (excluding diaryl/α,β-unsaturated/α-hetero) is 1. The highest BCUT2D eigenvalue weighted by Gasteiger charge is 2.18. The Hall–Kier alpha value is -1.23. The number of hydrogen-bond donors (Lipinski definition) is 0. The molecule has 0 radical (unpaired) electrons. The average molecular weight is 297 g/mol. The van der Waals surface area contributed by atoms with Crippen molar-refractivity contribution in [3.05, 3.63) is 23.0 Å². The largest absolute Gasteiger partial charge is 0.459 e. The molecular weight excluding hydrogens is 274 g/mol. The zero-order chi connectivity index (χ0) is 15.5. The van der Waals surface area contributed by atoms with Crippen LogP contribution >= 0.6 is 11.8 Å². The summed E-state index contributed by atoms with van der Waals surface area (Å²) in [6.45, 7) is 9.39. The first kappa shape index (κ1) is 16.8. The van der Waals surface area contributed by atoms with Crippen LogP contribution in [-0.4, -0.2) is 33.4 Å². The Bertz CT molecular complexity index is 512. The fraction of sp³-hybridized carbons (Fsp3) is 0.600. The van der Waals surface area contributed by atoms with E-state index in [9.17, 15) is 9.59 Å². The minimum atomic E-state index is -0.477. The number of aromatic nitrogens is 1. The number of hydrogen-bond acceptors (Lipinski definition) is 4. The molecule has 0 amide bonds. The minimum Gasteiger partial charge on any atom is -0.459 e. The number of carbonyl (C=O) groups is 2. The number of thioether (sulfide) groups is 1. The highest BCUT2D eigenvalue weighted by atomic mass is 32.2. The third-order valence-corrected chi connectivity index (χ3v) is 3.85. The fourth-order valence-corrected chi connectivity index (χ4v) is 2.48. The first-order chi connectivity index (χ1) is 9.11. The maximum atomic E-state index is 12.1. The Kier molecular flexibility index (Phi) is 5.45. The first-order valence-corrected chi connectivity index (χ1v) is 7.73. The van der Waals surface area contributed by atoms with Crippen LogP contribution in [0.5, 0.6) is 0 Å². The zero-order valence-electron chi connectivity index (χ0n) is 13.1. The third-order valence-electron chi connectivity index (χ3n) is 2.95. The molecular formula is C15H23NO3S. The van der Waals surface area contributed by atoms with Crippen molar-refractivity contribution >= 4 is 23.5 Å². The summed E-state index contributed by atoms with van der Waals surface area (Å²) in [5, 5.41) is 0. The van der Waals surface area contributed by atoms with Gasteiger partial charge in [0.1, 0.15) is 5.60 Å². The normalized spacial score (nSPS) is 11.5. The average Bonchev–Trinajstić information content (AvgIpc) is 2.54. The van der Waals surface area contributed by atoms with Crippen molar-refractivity contribution < 1.29 is 14.3 Å². The van der Waals surface area contributed by atoms with E-state index in [1.54, 1.807) is 0 Å². The molecule has 112 valence electrons. The van der Waals surface area contributed by atoms with Crippen LogP contribution in [0.3, 0.4) is 0 Å². The Morgan fingerprint density at radius 2 is 1.85 bits per heavy atom. The molecule has 0 aliphatic carbocycles. The van der Waals surface area contributed by atoms with Crippen LogP contribution in [0.4, 0.5) is 0 Å². The Labute approximate surface area is 124 Å². The van der Waals surface area contributed by atoms with Gasteiger partial charge in [-0.15, -0.1) is 11.8 Å². The van der Waals surface area contributed by atoms with E-state index in [0.29, 0.717) is 5.75 Å². The summed E-state index contributed by atoms with van der Waals surface area (Å²) in [7, 11) is 1.94. The molecule has 0 saturated carbocycles. The first-order valence-electron chi connectivity index (χ1n) is 6.57. The van der Waals surface area contributed by atoms with E-state index in [4.69, 9.17) is 4.74 Å². The van der Waals surface area contributed by atoms with Gasteiger partial charge in [0.25, 0.3) is 0 Å². The van der Waals surface area contributed by atoms with Gasteiger partial charge in [0.05, 0.1) is 11.5 Å². The van der Waals surface area contributed by atoms with Gasteiger partial charge in [-0.05, 0) is 40.7 Å². The standard InChI is InChI=1S/C15H23NO3S/c1-10-7-12(11(2)16(10)6)13(17)8-20-9-14(18)19-15(3,4)5/h7H,8-9H2,1-6H3. The van der Waals surface area contributed by atoms with Crippen molar-refractivity contribution in [2.24, 2.45) is 7.05 Å². The summed E-state index contributed by atoms with van der Waals surface area (Å²) < 4.78 is 7.19. The van der Waals surface area contributed by atoms with Crippen LogP contribution < -0.4 is 0 Å². The summed E-state index contributed by atoms with van der Waals surface area (Å²) in [6.07, 6.45) is 0. The van der Waals surface area contributed by atoms with Crippen LogP contribution in [0.15, 0.2) is 6.07 Å². The second kappa shape index (κ2) is 6.48. The van der Waals surface area contributed by atoms with Gasteiger partial charge < -0.3 is 9.30 Å². The van der Waals surface area contributed by atoms with Crippen LogP contribution in [0.2, 0.25) is 0 Å². The van der Waals surface area contributed by atoms with Gasteiger partial charge in [-0.3, -0.25) is 9.59 Å². The number of nitrogens with zero attached hydrogens (tertiary/aromatic N) is 1. The van der Waals surface area contributed by atoms with Gasteiger partial charge in [0.15, 0.2) is 5.78 Å². The molecule has 0 saturated heterocycles. The van der Waals surface area contributed by atoms with E-state index in [1.165, 1.54) is 11.8 Å². The number of rotatable bonds is 5. The number of ether oxygens (including phenoxy) is 1. The topological polar surface area (TPSA) is 48.3 Å². The molecule has 0 aliphatic rings. The molecule has 1 aromatic heterocycles. The summed E-state index contributed by atoms with van der Waals surface area (Å²) in [5.74, 6) is 0.272. The lowest BCUT2D eigenvalue weighted by atomic mass is 10.2. The van der Waals surface area contributed by atoms with E-state index < -0.39 is 5.60 Å². The summed E-state index contributed by atoms with van der Waals surface area (Å²) in [5.41, 5.74) is 2.28. The summed E-state index contributed by atoms with van der Waals surface area (Å²) in [4.78, 5) is 23.7.